The van der Waals surface area contributed by atoms with Gasteiger partial charge in [-0.2, -0.15) is 0 Å². The van der Waals surface area contributed by atoms with E-state index in [2.05, 4.69) is 62.4 Å². The molecular weight excluding hydrogens is 651 g/mol. The predicted octanol–water partition coefficient (Wildman–Crippen LogP) is 6.20. The Morgan fingerprint density at radius 3 is 1.12 bits per heavy atom. The molecular formula is C24H34F6ISb. The molecule has 184 valence electrons. The molecule has 8 heteroatoms. The molecule has 32 heavy (non-hydrogen) atoms. The Morgan fingerprint density at radius 1 is 0.531 bits per heavy atom. The van der Waals surface area contributed by atoms with E-state index in [9.17, 15) is 16.9 Å². The summed E-state index contributed by atoms with van der Waals surface area (Å²) in [6.45, 7) is 4.55. The van der Waals surface area contributed by atoms with Crippen molar-refractivity contribution in [2.75, 3.05) is 0 Å². The first-order chi connectivity index (χ1) is 14.8. The van der Waals surface area contributed by atoms with Crippen LogP contribution in [0.3, 0.4) is 0 Å². The molecule has 0 fully saturated rings. The van der Waals surface area contributed by atoms with Gasteiger partial charge in [0, 0.05) is 0 Å². The molecule has 0 aliphatic rings. The SMILES string of the molecule is CCCCCCc1ccc([I+]c2ccc(CCCCCC)cc2)cc1.[F][Sb-]([F])([F])([F])([F])[F]. The second kappa shape index (κ2) is 12.9. The molecule has 0 aliphatic heterocycles. The summed E-state index contributed by atoms with van der Waals surface area (Å²) in [4.78, 5) is 0. The van der Waals surface area contributed by atoms with Crippen LogP contribution in [0.15, 0.2) is 48.5 Å². The van der Waals surface area contributed by atoms with Crippen molar-refractivity contribution in [2.45, 2.75) is 78.1 Å². The third kappa shape index (κ3) is 19.1. The second-order valence-electron chi connectivity index (χ2n) is 7.93. The minimum absolute atomic E-state index is 0.0360. The molecule has 0 saturated carbocycles. The Morgan fingerprint density at radius 2 is 0.844 bits per heavy atom. The van der Waals surface area contributed by atoms with Gasteiger partial charge in [0.2, 0.25) is 0 Å². The fourth-order valence-corrected chi connectivity index (χ4v) is 5.22. The Hall–Kier alpha value is -0.432. The molecule has 0 aliphatic carbocycles. The summed E-state index contributed by atoms with van der Waals surface area (Å²) in [7, 11) is 0. The van der Waals surface area contributed by atoms with E-state index in [0.717, 1.165) is 0 Å². The molecule has 0 N–H and O–H groups in total. The maximum absolute atomic E-state index is 11.2. The van der Waals surface area contributed by atoms with Gasteiger partial charge in [-0.05, 0) is 61.1 Å². The van der Waals surface area contributed by atoms with Crippen LogP contribution < -0.4 is 21.2 Å². The van der Waals surface area contributed by atoms with Crippen LogP contribution in [-0.4, -0.2) is 19.5 Å². The molecule has 0 unspecified atom stereocenters. The van der Waals surface area contributed by atoms with E-state index in [0.29, 0.717) is 0 Å². The molecule has 0 nitrogen and oxygen atoms in total. The van der Waals surface area contributed by atoms with Crippen molar-refractivity contribution in [3.8, 4) is 0 Å². The zero-order valence-electron chi connectivity index (χ0n) is 18.8. The zero-order chi connectivity index (χ0) is 24.2. The monoisotopic (exact) mass is 684 g/mol. The molecule has 0 heterocycles. The van der Waals surface area contributed by atoms with Crippen molar-refractivity contribution in [3.63, 3.8) is 0 Å². The Labute approximate surface area is 201 Å². The van der Waals surface area contributed by atoms with Gasteiger partial charge in [0.1, 0.15) is 0 Å². The van der Waals surface area contributed by atoms with Crippen LogP contribution in [0.25, 0.3) is 0 Å². The van der Waals surface area contributed by atoms with Gasteiger partial charge in [-0.15, -0.1) is 0 Å². The van der Waals surface area contributed by atoms with Crippen LogP contribution >= 0.6 is 0 Å². The van der Waals surface area contributed by atoms with E-state index >= 15 is 0 Å². The van der Waals surface area contributed by atoms with Crippen LogP contribution in [0, 0.1) is 7.14 Å². The predicted molar refractivity (Wildman–Crippen MR) is 118 cm³/mol. The standard InChI is InChI=1S/C24H34I.6FH.Sb/c1-3-5-7-9-11-21-13-17-23(18-14-21)25-24-19-15-22(16-20-24)12-10-8-6-4-2;;;;;;;/h13-20H,3-12H2,1-2H3;6*1H;/q+1;;;;;;;+5/p-6. The maximum atomic E-state index is 9.93. The van der Waals surface area contributed by atoms with Gasteiger partial charge in [-0.3, -0.25) is 0 Å². The van der Waals surface area contributed by atoms with Crippen LogP contribution in [0.4, 0.5) is 16.9 Å². The van der Waals surface area contributed by atoms with E-state index in [1.807, 2.05) is 0 Å². The number of unbranched alkanes of at least 4 members (excludes halogenated alkanes) is 6. The normalized spacial score (nSPS) is 13.6. The Balaban J connectivity index is 0.000000633. The number of halogens is 7. The summed E-state index contributed by atoms with van der Waals surface area (Å²) in [6, 6.07) is 18.8. The van der Waals surface area contributed by atoms with Crippen molar-refractivity contribution in [3.05, 3.63) is 66.8 Å². The second-order valence-corrected chi connectivity index (χ2v) is 16.4. The summed E-state index contributed by atoms with van der Waals surface area (Å²) in [6.07, 6.45) is 13.3. The average Bonchev–Trinajstić information content (AvgIpc) is 2.69. The molecule has 0 atom stereocenters. The van der Waals surface area contributed by atoms with Gasteiger partial charge < -0.3 is 0 Å². The Bertz CT molecular complexity index is 706. The van der Waals surface area contributed by atoms with E-state index in [-0.39, 0.29) is 21.2 Å². The molecule has 2 rings (SSSR count). The van der Waals surface area contributed by atoms with Crippen LogP contribution in [0.2, 0.25) is 0 Å². The molecule has 2 aromatic carbocycles. The first-order valence-electron chi connectivity index (χ1n) is 11.2. The van der Waals surface area contributed by atoms with Crippen molar-refractivity contribution < 1.29 is 38.1 Å². The van der Waals surface area contributed by atoms with Crippen molar-refractivity contribution >= 4 is 19.5 Å². The molecule has 0 aromatic heterocycles. The number of aryl methyl sites for hydroxylation is 2. The number of hydrogen-bond acceptors (Lipinski definition) is 0. The van der Waals surface area contributed by atoms with Gasteiger partial charge >= 0.3 is 57.6 Å². The van der Waals surface area contributed by atoms with E-state index < -0.39 is 19.5 Å². The topological polar surface area (TPSA) is 0 Å². The molecule has 0 amide bonds. The van der Waals surface area contributed by atoms with Gasteiger partial charge in [0.25, 0.3) is 0 Å². The van der Waals surface area contributed by atoms with Gasteiger partial charge in [0.15, 0.2) is 7.14 Å². The summed E-state index contributed by atoms with van der Waals surface area (Å²) in [5, 5.41) is 0. The summed E-state index contributed by atoms with van der Waals surface area (Å²) in [5.74, 6) is 0. The number of hydrogen-bond donors (Lipinski definition) is 0. The fraction of sp³-hybridized carbons (Fsp3) is 0.500. The zero-order valence-corrected chi connectivity index (χ0v) is 23.5. The fourth-order valence-electron chi connectivity index (χ4n) is 3.07. The Kier molecular flexibility index (Phi) is 11.9. The van der Waals surface area contributed by atoms with Crippen LogP contribution in [-0.2, 0) is 12.8 Å². The summed E-state index contributed by atoms with van der Waals surface area (Å²) < 4.78 is 62.6. The number of rotatable bonds is 12. The van der Waals surface area contributed by atoms with E-state index in [1.165, 1.54) is 82.5 Å². The quantitative estimate of drug-likeness (QED) is 0.108. The first kappa shape index (κ1) is 29.6. The molecule has 0 radical (unpaired) electrons. The van der Waals surface area contributed by atoms with E-state index in [4.69, 9.17) is 0 Å². The van der Waals surface area contributed by atoms with Gasteiger partial charge in [-0.1, -0.05) is 76.6 Å². The number of benzene rings is 2. The average molecular weight is 685 g/mol. The third-order valence-corrected chi connectivity index (χ3v) is 7.37. The molecule has 0 saturated heterocycles. The first-order valence-corrected chi connectivity index (χ1v) is 19.1. The molecule has 2 aromatic rings. The van der Waals surface area contributed by atoms with Crippen LogP contribution in [0.1, 0.15) is 76.3 Å². The minimum atomic E-state index is -11.2. The van der Waals surface area contributed by atoms with Gasteiger partial charge in [-0.25, -0.2) is 0 Å². The third-order valence-electron chi connectivity index (χ3n) is 4.68. The van der Waals surface area contributed by atoms with Gasteiger partial charge in [0.05, 0.1) is 0 Å². The van der Waals surface area contributed by atoms with Crippen molar-refractivity contribution in [1.82, 2.24) is 0 Å². The van der Waals surface area contributed by atoms with Crippen molar-refractivity contribution in [2.24, 2.45) is 0 Å². The van der Waals surface area contributed by atoms with Crippen LogP contribution in [0.5, 0.6) is 0 Å². The van der Waals surface area contributed by atoms with Crippen molar-refractivity contribution in [1.29, 1.82) is 0 Å². The van der Waals surface area contributed by atoms with E-state index in [1.54, 1.807) is 0 Å². The molecule has 0 bridgehead atoms. The molecule has 0 spiro atoms. The summed E-state index contributed by atoms with van der Waals surface area (Å²) in [5.41, 5.74) is 3.01. The summed E-state index contributed by atoms with van der Waals surface area (Å²) >= 11 is -11.3.